The lowest BCUT2D eigenvalue weighted by Gasteiger charge is -2.13. The molecule has 4 nitrogen and oxygen atoms in total. The first-order valence-electron chi connectivity index (χ1n) is 5.65. The quantitative estimate of drug-likeness (QED) is 0.868. The van der Waals surface area contributed by atoms with Gasteiger partial charge in [-0.05, 0) is 18.9 Å². The van der Waals surface area contributed by atoms with Gasteiger partial charge >= 0.3 is 5.97 Å². The highest BCUT2D eigenvalue weighted by molar-refractivity contribution is 5.89. The molecule has 1 aliphatic rings. The van der Waals surface area contributed by atoms with Gasteiger partial charge < -0.3 is 15.2 Å². The molecule has 1 aliphatic heterocycles. The minimum Gasteiger partial charge on any atom is -0.478 e. The van der Waals surface area contributed by atoms with Crippen LogP contribution >= 0.6 is 0 Å². The Balaban J connectivity index is 2.11. The number of rotatable bonds is 4. The summed E-state index contributed by atoms with van der Waals surface area (Å²) >= 11 is 0. The summed E-state index contributed by atoms with van der Waals surface area (Å²) in [5.74, 6) is -3.31. The van der Waals surface area contributed by atoms with E-state index in [0.29, 0.717) is 19.2 Å². The zero-order valence-electron chi connectivity index (χ0n) is 9.58. The Bertz CT molecular complexity index is 459. The van der Waals surface area contributed by atoms with Crippen LogP contribution in [0.15, 0.2) is 12.1 Å². The van der Waals surface area contributed by atoms with Crippen molar-refractivity contribution in [2.24, 2.45) is 0 Å². The van der Waals surface area contributed by atoms with Gasteiger partial charge in [0.1, 0.15) is 11.6 Å². The molecular formula is C12H13F2NO3. The maximum Gasteiger partial charge on any atom is 0.338 e. The molecule has 1 aromatic rings. The monoisotopic (exact) mass is 257 g/mol. The van der Waals surface area contributed by atoms with Gasteiger partial charge in [-0.3, -0.25) is 0 Å². The molecule has 1 fully saturated rings. The van der Waals surface area contributed by atoms with Gasteiger partial charge in [-0.15, -0.1) is 0 Å². The molecule has 0 spiro atoms. The van der Waals surface area contributed by atoms with Gasteiger partial charge in [-0.25, -0.2) is 13.6 Å². The lowest BCUT2D eigenvalue weighted by Crippen LogP contribution is -2.19. The second-order valence-electron chi connectivity index (χ2n) is 4.13. The van der Waals surface area contributed by atoms with Crippen molar-refractivity contribution < 1.29 is 23.4 Å². The maximum atomic E-state index is 13.4. The van der Waals surface area contributed by atoms with Crippen LogP contribution in [0.2, 0.25) is 0 Å². The highest BCUT2D eigenvalue weighted by atomic mass is 19.1. The predicted octanol–water partition coefficient (Wildman–Crippen LogP) is 2.25. The van der Waals surface area contributed by atoms with E-state index in [0.717, 1.165) is 18.9 Å². The summed E-state index contributed by atoms with van der Waals surface area (Å²) in [6, 6.07) is 1.53. The largest absolute Gasteiger partial charge is 0.478 e. The Morgan fingerprint density at radius 1 is 1.44 bits per heavy atom. The zero-order chi connectivity index (χ0) is 13.1. The fraction of sp³-hybridized carbons (Fsp3) is 0.417. The van der Waals surface area contributed by atoms with E-state index in [9.17, 15) is 13.6 Å². The lowest BCUT2D eigenvalue weighted by atomic mass is 10.1. The fourth-order valence-corrected chi connectivity index (χ4v) is 1.88. The molecule has 6 heteroatoms. The van der Waals surface area contributed by atoms with Gasteiger partial charge in [0.2, 0.25) is 0 Å². The predicted molar refractivity (Wildman–Crippen MR) is 60.8 cm³/mol. The van der Waals surface area contributed by atoms with Crippen molar-refractivity contribution in [3.63, 3.8) is 0 Å². The van der Waals surface area contributed by atoms with Crippen LogP contribution in [0.4, 0.5) is 14.5 Å². The molecule has 0 saturated carbocycles. The number of ether oxygens (including phenoxy) is 1. The summed E-state index contributed by atoms with van der Waals surface area (Å²) in [4.78, 5) is 10.7. The highest BCUT2D eigenvalue weighted by Crippen LogP contribution is 2.21. The summed E-state index contributed by atoms with van der Waals surface area (Å²) in [7, 11) is 0. The van der Waals surface area contributed by atoms with Crippen molar-refractivity contribution in [3.05, 3.63) is 29.3 Å². The van der Waals surface area contributed by atoms with E-state index < -0.39 is 23.2 Å². The second-order valence-corrected chi connectivity index (χ2v) is 4.13. The topological polar surface area (TPSA) is 58.6 Å². The average molecular weight is 257 g/mol. The van der Waals surface area contributed by atoms with E-state index in [2.05, 4.69) is 5.32 Å². The lowest BCUT2D eigenvalue weighted by molar-refractivity contribution is 0.0692. The average Bonchev–Trinajstić information content (AvgIpc) is 2.80. The first-order valence-corrected chi connectivity index (χ1v) is 5.65. The Kier molecular flexibility index (Phi) is 3.76. The Hall–Kier alpha value is -1.69. The molecule has 98 valence electrons. The number of carboxylic acids is 1. The highest BCUT2D eigenvalue weighted by Gasteiger charge is 2.18. The molecule has 0 radical (unpaired) electrons. The van der Waals surface area contributed by atoms with E-state index in [4.69, 9.17) is 9.84 Å². The van der Waals surface area contributed by atoms with Gasteiger partial charge in [0.15, 0.2) is 0 Å². The Morgan fingerprint density at radius 3 is 2.83 bits per heavy atom. The summed E-state index contributed by atoms with van der Waals surface area (Å²) in [6.45, 7) is 1.06. The van der Waals surface area contributed by atoms with Gasteiger partial charge in [0, 0.05) is 19.2 Å². The third-order valence-electron chi connectivity index (χ3n) is 2.83. The van der Waals surface area contributed by atoms with Gasteiger partial charge in [0.25, 0.3) is 0 Å². The van der Waals surface area contributed by atoms with Crippen LogP contribution in [0.1, 0.15) is 23.2 Å². The van der Waals surface area contributed by atoms with Gasteiger partial charge in [-0.2, -0.15) is 0 Å². The maximum absolute atomic E-state index is 13.4. The van der Waals surface area contributed by atoms with Gasteiger partial charge in [-0.1, -0.05) is 0 Å². The molecule has 2 N–H and O–H groups in total. The van der Waals surface area contributed by atoms with Crippen LogP contribution in [-0.4, -0.2) is 30.3 Å². The van der Waals surface area contributed by atoms with Crippen molar-refractivity contribution in [1.29, 1.82) is 0 Å². The van der Waals surface area contributed by atoms with Gasteiger partial charge in [0.05, 0.1) is 17.4 Å². The minimum absolute atomic E-state index is 0.0114. The molecular weight excluding hydrogens is 244 g/mol. The number of carbonyl (C=O) groups is 1. The van der Waals surface area contributed by atoms with Crippen molar-refractivity contribution >= 4 is 11.7 Å². The fourth-order valence-electron chi connectivity index (χ4n) is 1.88. The van der Waals surface area contributed by atoms with Crippen LogP contribution < -0.4 is 5.32 Å². The van der Waals surface area contributed by atoms with Crippen molar-refractivity contribution in [1.82, 2.24) is 0 Å². The first-order chi connectivity index (χ1) is 8.58. The Labute approximate surface area is 103 Å². The third-order valence-corrected chi connectivity index (χ3v) is 2.83. The molecule has 0 bridgehead atoms. The second kappa shape index (κ2) is 5.30. The number of carboxylic acid groups (broad SMARTS) is 1. The van der Waals surface area contributed by atoms with E-state index in [1.165, 1.54) is 0 Å². The molecule has 1 aromatic carbocycles. The smallest absolute Gasteiger partial charge is 0.338 e. The molecule has 18 heavy (non-hydrogen) atoms. The van der Waals surface area contributed by atoms with Crippen LogP contribution in [0.25, 0.3) is 0 Å². The normalized spacial score (nSPS) is 18.9. The summed E-state index contributed by atoms with van der Waals surface area (Å²) in [5, 5.41) is 11.5. The molecule has 1 saturated heterocycles. The molecule has 0 aromatic heterocycles. The number of benzene rings is 1. The van der Waals surface area contributed by atoms with Crippen LogP contribution in [0.3, 0.4) is 0 Å². The number of anilines is 1. The van der Waals surface area contributed by atoms with E-state index in [-0.39, 0.29) is 11.8 Å². The number of halogens is 2. The Morgan fingerprint density at radius 2 is 2.22 bits per heavy atom. The number of aromatic carboxylic acids is 1. The van der Waals surface area contributed by atoms with Crippen molar-refractivity contribution in [2.45, 2.75) is 18.9 Å². The number of hydrogen-bond donors (Lipinski definition) is 2. The van der Waals surface area contributed by atoms with Crippen molar-refractivity contribution in [3.8, 4) is 0 Å². The van der Waals surface area contributed by atoms with E-state index in [1.807, 2.05) is 0 Å². The first kappa shape index (κ1) is 12.8. The standard InChI is InChI=1S/C12H13F2NO3/c13-9-5-10(14)11(4-8(9)12(16)17)15-6-7-2-1-3-18-7/h4-5,7,15H,1-3,6H2,(H,16,17). The molecule has 0 aliphatic carbocycles. The third kappa shape index (κ3) is 2.76. The summed E-state index contributed by atoms with van der Waals surface area (Å²) < 4.78 is 31.9. The van der Waals surface area contributed by atoms with E-state index >= 15 is 0 Å². The molecule has 1 heterocycles. The SMILES string of the molecule is O=C(O)c1cc(NCC2CCCO2)c(F)cc1F. The van der Waals surface area contributed by atoms with Crippen LogP contribution in [-0.2, 0) is 4.74 Å². The number of nitrogens with one attached hydrogen (secondary N) is 1. The zero-order valence-corrected chi connectivity index (χ0v) is 9.58. The minimum atomic E-state index is -1.42. The number of hydrogen-bond acceptors (Lipinski definition) is 3. The molecule has 1 unspecified atom stereocenters. The van der Waals surface area contributed by atoms with E-state index in [1.54, 1.807) is 0 Å². The molecule has 1 atom stereocenters. The molecule has 2 rings (SSSR count). The molecule has 0 amide bonds. The van der Waals surface area contributed by atoms with Crippen LogP contribution in [0, 0.1) is 11.6 Å². The van der Waals surface area contributed by atoms with Crippen molar-refractivity contribution in [2.75, 3.05) is 18.5 Å². The summed E-state index contributed by atoms with van der Waals surface area (Å²) in [5.41, 5.74) is -0.574. The summed E-state index contributed by atoms with van der Waals surface area (Å²) in [6.07, 6.45) is 1.82. The van der Waals surface area contributed by atoms with Crippen LogP contribution in [0.5, 0.6) is 0 Å².